The maximum Gasteiger partial charge on any atom is 0.399 e. The van der Waals surface area contributed by atoms with Crippen molar-refractivity contribution in [1.82, 2.24) is 14.5 Å². The summed E-state index contributed by atoms with van der Waals surface area (Å²) >= 11 is 0. The summed E-state index contributed by atoms with van der Waals surface area (Å²) in [5.41, 5.74) is -0.573. The number of aromatic nitrogens is 3. The van der Waals surface area contributed by atoms with Gasteiger partial charge in [0.25, 0.3) is 0 Å². The van der Waals surface area contributed by atoms with Crippen LogP contribution in [0.3, 0.4) is 0 Å². The van der Waals surface area contributed by atoms with Gasteiger partial charge in [0.15, 0.2) is 0 Å². The van der Waals surface area contributed by atoms with Crippen LogP contribution in [0.5, 0.6) is 5.75 Å². The van der Waals surface area contributed by atoms with E-state index in [0.29, 0.717) is 22.2 Å². The third-order valence-electron chi connectivity index (χ3n) is 7.79. The molecule has 2 aromatic carbocycles. The number of halogens is 4. The maximum absolute atomic E-state index is 14.9. The van der Waals surface area contributed by atoms with Crippen molar-refractivity contribution in [3.63, 3.8) is 0 Å². The van der Waals surface area contributed by atoms with E-state index in [9.17, 15) is 27.5 Å². The van der Waals surface area contributed by atoms with Gasteiger partial charge in [0.2, 0.25) is 0 Å². The second-order valence-corrected chi connectivity index (χ2v) is 11.6. The van der Waals surface area contributed by atoms with Crippen molar-refractivity contribution in [3.05, 3.63) is 107 Å². The van der Waals surface area contributed by atoms with Crippen LogP contribution < -0.4 is 4.74 Å². The molecule has 0 saturated heterocycles. The Morgan fingerprint density at radius 3 is 2.49 bits per heavy atom. The number of ether oxygens (including phenoxy) is 1. The first-order valence-corrected chi connectivity index (χ1v) is 13.8. The molecule has 43 heavy (non-hydrogen) atoms. The molecule has 1 unspecified atom stereocenters. The van der Waals surface area contributed by atoms with E-state index < -0.39 is 35.3 Å². The van der Waals surface area contributed by atoms with Crippen molar-refractivity contribution in [1.29, 1.82) is 0 Å². The van der Waals surface area contributed by atoms with Crippen LogP contribution in [0.2, 0.25) is 0 Å². The second-order valence-electron chi connectivity index (χ2n) is 11.6. The van der Waals surface area contributed by atoms with Crippen molar-refractivity contribution in [2.45, 2.75) is 52.9 Å². The number of alkyl halides is 3. The Morgan fingerprint density at radius 2 is 1.86 bits per heavy atom. The predicted octanol–water partition coefficient (Wildman–Crippen LogP) is 7.70. The summed E-state index contributed by atoms with van der Waals surface area (Å²) in [5.74, 6) is -1.13. The van der Waals surface area contributed by atoms with Gasteiger partial charge in [-0.1, -0.05) is 48.6 Å². The van der Waals surface area contributed by atoms with Gasteiger partial charge < -0.3 is 14.4 Å². The van der Waals surface area contributed by atoms with Crippen molar-refractivity contribution in [3.8, 4) is 5.75 Å². The summed E-state index contributed by atoms with van der Waals surface area (Å²) in [6.07, 6.45) is 0.745. The minimum Gasteiger partial charge on any atom is -0.487 e. The lowest BCUT2D eigenvalue weighted by Gasteiger charge is -2.35. The van der Waals surface area contributed by atoms with Crippen molar-refractivity contribution >= 4 is 22.6 Å². The fourth-order valence-corrected chi connectivity index (χ4v) is 5.07. The van der Waals surface area contributed by atoms with Crippen LogP contribution in [-0.2, 0) is 24.4 Å². The van der Waals surface area contributed by atoms with E-state index in [1.165, 1.54) is 42.8 Å². The van der Waals surface area contributed by atoms with Crippen LogP contribution in [0.25, 0.3) is 16.6 Å². The number of carboxylic acids is 1. The minimum atomic E-state index is -4.62. The highest BCUT2D eigenvalue weighted by molar-refractivity contribution is 5.79. The van der Waals surface area contributed by atoms with Crippen LogP contribution in [0.4, 0.5) is 17.6 Å². The molecule has 224 valence electrons. The highest BCUT2D eigenvalue weighted by Gasteiger charge is 2.53. The van der Waals surface area contributed by atoms with E-state index in [4.69, 9.17) is 4.74 Å². The Hall–Kier alpha value is -4.47. The van der Waals surface area contributed by atoms with E-state index in [0.717, 1.165) is 5.56 Å². The molecule has 2 aromatic heterocycles. The summed E-state index contributed by atoms with van der Waals surface area (Å²) in [4.78, 5) is 20.6. The average Bonchev–Trinajstić information content (AvgIpc) is 3.27. The summed E-state index contributed by atoms with van der Waals surface area (Å²) in [7, 11) is 0. The number of benzene rings is 2. The largest absolute Gasteiger partial charge is 0.487 e. The number of nitrogens with zero attached hydrogens (tertiary/aromatic N) is 3. The molecule has 1 aliphatic rings. The van der Waals surface area contributed by atoms with Gasteiger partial charge in [-0.05, 0) is 62.1 Å². The van der Waals surface area contributed by atoms with E-state index >= 15 is 0 Å². The van der Waals surface area contributed by atoms with Gasteiger partial charge in [-0.3, -0.25) is 9.78 Å². The number of rotatable bonds is 9. The number of allylic oxidation sites excluding steroid dienone is 4. The Kier molecular flexibility index (Phi) is 7.89. The van der Waals surface area contributed by atoms with E-state index in [2.05, 4.69) is 9.97 Å². The molecule has 2 heterocycles. The number of hydrogen-bond donors (Lipinski definition) is 1. The lowest BCUT2D eigenvalue weighted by atomic mass is 9.78. The molecule has 0 bridgehead atoms. The zero-order valence-electron chi connectivity index (χ0n) is 24.0. The molecule has 10 heteroatoms. The molecule has 1 aliphatic carbocycles. The van der Waals surface area contributed by atoms with Crippen molar-refractivity contribution in [2.75, 3.05) is 0 Å². The molecule has 4 aromatic rings. The molecular weight excluding hydrogens is 562 g/mol. The third-order valence-corrected chi connectivity index (χ3v) is 7.79. The topological polar surface area (TPSA) is 77.2 Å². The zero-order chi connectivity index (χ0) is 31.0. The second kappa shape index (κ2) is 11.3. The summed E-state index contributed by atoms with van der Waals surface area (Å²) < 4.78 is 66.2. The fraction of sp³-hybridized carbons (Fsp3) is 0.303. The number of pyridine rings is 1. The molecule has 1 atom stereocenters. The fourth-order valence-electron chi connectivity index (χ4n) is 5.07. The average molecular weight is 594 g/mol. The Morgan fingerprint density at radius 1 is 1.12 bits per heavy atom. The van der Waals surface area contributed by atoms with Gasteiger partial charge in [0, 0.05) is 25.2 Å². The normalized spacial score (nSPS) is 17.2. The van der Waals surface area contributed by atoms with Crippen LogP contribution >= 0.6 is 0 Å². The smallest absolute Gasteiger partial charge is 0.399 e. The molecule has 0 fully saturated rings. The van der Waals surface area contributed by atoms with Crippen LogP contribution in [0, 0.1) is 23.6 Å². The standard InChI is InChI=1S/C33H31F4N3O3/c1-21-15-25(34)27(38-18-21)19-43-24-9-10-26-28(16-24)40(29(39-26)17-31(2,3)30(41)42)20-32(33(35,36)37)13-11-23(12-14-32)22-7-5-4-6-8-22/h4-13,15-16,18H,14,17,19-20H2,1-3H3,(H,41,42). The first-order chi connectivity index (χ1) is 20.3. The molecule has 0 saturated carbocycles. The summed E-state index contributed by atoms with van der Waals surface area (Å²) in [6.45, 7) is 4.02. The number of hydrogen-bond acceptors (Lipinski definition) is 4. The van der Waals surface area contributed by atoms with Gasteiger partial charge in [0.05, 0.1) is 16.4 Å². The number of carboxylic acid groups (broad SMARTS) is 1. The van der Waals surface area contributed by atoms with Gasteiger partial charge in [-0.25, -0.2) is 9.37 Å². The maximum atomic E-state index is 14.9. The highest BCUT2D eigenvalue weighted by Crippen LogP contribution is 2.48. The first kappa shape index (κ1) is 30.0. The molecular formula is C33H31F4N3O3. The highest BCUT2D eigenvalue weighted by atomic mass is 19.4. The molecule has 0 spiro atoms. The zero-order valence-corrected chi connectivity index (χ0v) is 24.0. The van der Waals surface area contributed by atoms with Gasteiger partial charge in [-0.15, -0.1) is 0 Å². The molecule has 1 N–H and O–H groups in total. The molecule has 0 radical (unpaired) electrons. The van der Waals surface area contributed by atoms with Gasteiger partial charge in [0.1, 0.15) is 35.1 Å². The lowest BCUT2D eigenvalue weighted by Crippen LogP contribution is -2.41. The predicted molar refractivity (Wildman–Crippen MR) is 155 cm³/mol. The van der Waals surface area contributed by atoms with Crippen LogP contribution in [-0.4, -0.2) is 31.8 Å². The van der Waals surface area contributed by atoms with E-state index in [-0.39, 0.29) is 36.7 Å². The number of fused-ring (bicyclic) bond motifs is 1. The Bertz CT molecular complexity index is 1720. The number of aryl methyl sites for hydroxylation is 1. The monoisotopic (exact) mass is 593 g/mol. The third kappa shape index (κ3) is 6.18. The van der Waals surface area contributed by atoms with Crippen molar-refractivity contribution in [2.24, 2.45) is 10.8 Å². The molecule has 6 nitrogen and oxygen atoms in total. The first-order valence-electron chi connectivity index (χ1n) is 13.8. The SMILES string of the molecule is Cc1cnc(COc2ccc3nc(CC(C)(C)C(=O)O)n(CC4(C(F)(F)F)C=CC(c5ccccc5)=CC4)c3c2)c(F)c1. The lowest BCUT2D eigenvalue weighted by molar-refractivity contribution is -0.209. The summed E-state index contributed by atoms with van der Waals surface area (Å²) in [5, 5.41) is 9.78. The van der Waals surface area contributed by atoms with Crippen LogP contribution in [0.15, 0.2) is 79.0 Å². The Labute approximate surface area is 246 Å². The molecule has 0 amide bonds. The molecule has 0 aliphatic heterocycles. The van der Waals surface area contributed by atoms with E-state index in [1.54, 1.807) is 31.2 Å². The number of aliphatic carboxylic acids is 1. The summed E-state index contributed by atoms with van der Waals surface area (Å²) in [6, 6.07) is 15.2. The van der Waals surface area contributed by atoms with Crippen molar-refractivity contribution < 1.29 is 32.2 Å². The Balaban J connectivity index is 1.54. The van der Waals surface area contributed by atoms with E-state index in [1.807, 2.05) is 30.3 Å². The minimum absolute atomic E-state index is 0.0903. The van der Waals surface area contributed by atoms with Crippen LogP contribution in [0.1, 0.15) is 42.9 Å². The number of carbonyl (C=O) groups is 1. The van der Waals surface area contributed by atoms with Gasteiger partial charge in [-0.2, -0.15) is 13.2 Å². The number of imidazole rings is 1. The molecule has 5 rings (SSSR count). The van der Waals surface area contributed by atoms with Gasteiger partial charge >= 0.3 is 12.1 Å². The quantitative estimate of drug-likeness (QED) is 0.201.